The van der Waals surface area contributed by atoms with Gasteiger partial charge in [-0.05, 0) is 25.8 Å². The summed E-state index contributed by atoms with van der Waals surface area (Å²) in [5, 5.41) is 13.8. The van der Waals surface area contributed by atoms with Crippen LogP contribution in [0.15, 0.2) is 11.9 Å². The zero-order chi connectivity index (χ0) is 11.7. The van der Waals surface area contributed by atoms with Crippen LogP contribution >= 0.6 is 0 Å². The van der Waals surface area contributed by atoms with E-state index in [9.17, 15) is 9.59 Å². The van der Waals surface area contributed by atoms with Crippen LogP contribution in [0.2, 0.25) is 0 Å². The number of carboxylic acids is 1. The van der Waals surface area contributed by atoms with Crippen LogP contribution in [0, 0.1) is 0 Å². The maximum absolute atomic E-state index is 10.6. The first-order valence-corrected chi connectivity index (χ1v) is 4.70. The van der Waals surface area contributed by atoms with E-state index >= 15 is 0 Å². The summed E-state index contributed by atoms with van der Waals surface area (Å²) in [6.07, 6.45) is 3.11. The number of nitrogens with two attached hydrogens (primary N) is 1. The standard InChI is InChI=1S/C9H17N3O3/c1-2-8(10)11-5-3-4-7(9(14)15)12-6-13/h2,6-7,11H,3-5,10H2,1H3,(H,12,13)(H,14,15)/b8-2+. The fourth-order valence-electron chi connectivity index (χ4n) is 1.00. The molecule has 0 fully saturated rings. The molecule has 0 spiro atoms. The van der Waals surface area contributed by atoms with Gasteiger partial charge in [-0.1, -0.05) is 0 Å². The topological polar surface area (TPSA) is 104 Å². The van der Waals surface area contributed by atoms with Crippen molar-refractivity contribution in [3.8, 4) is 0 Å². The number of rotatable bonds is 8. The second kappa shape index (κ2) is 7.66. The summed E-state index contributed by atoms with van der Waals surface area (Å²) in [5.74, 6) is -0.466. The lowest BCUT2D eigenvalue weighted by Gasteiger charge is -2.11. The van der Waals surface area contributed by atoms with Gasteiger partial charge in [0, 0.05) is 6.54 Å². The molecule has 1 atom stereocenters. The molecule has 0 aliphatic heterocycles. The minimum absolute atomic E-state index is 0.373. The Hall–Kier alpha value is -1.72. The van der Waals surface area contributed by atoms with Gasteiger partial charge in [0.25, 0.3) is 0 Å². The lowest BCUT2D eigenvalue weighted by Crippen LogP contribution is -2.36. The van der Waals surface area contributed by atoms with Crippen molar-refractivity contribution in [1.82, 2.24) is 10.6 Å². The first-order chi connectivity index (χ1) is 7.11. The third kappa shape index (κ3) is 6.36. The quantitative estimate of drug-likeness (QED) is 0.319. The van der Waals surface area contributed by atoms with Crippen LogP contribution in [0.5, 0.6) is 0 Å². The first-order valence-electron chi connectivity index (χ1n) is 4.70. The maximum atomic E-state index is 10.6. The number of hydrogen-bond acceptors (Lipinski definition) is 4. The van der Waals surface area contributed by atoms with Gasteiger partial charge in [0.2, 0.25) is 6.41 Å². The lowest BCUT2D eigenvalue weighted by atomic mass is 10.1. The molecule has 0 aliphatic carbocycles. The summed E-state index contributed by atoms with van der Waals surface area (Å²) in [7, 11) is 0. The molecule has 0 bridgehead atoms. The van der Waals surface area contributed by atoms with E-state index in [0.29, 0.717) is 31.6 Å². The van der Waals surface area contributed by atoms with Crippen molar-refractivity contribution in [3.05, 3.63) is 11.9 Å². The molecule has 0 saturated carbocycles. The van der Waals surface area contributed by atoms with Crippen molar-refractivity contribution in [3.63, 3.8) is 0 Å². The van der Waals surface area contributed by atoms with E-state index in [0.717, 1.165) is 0 Å². The summed E-state index contributed by atoms with van der Waals surface area (Å²) in [6, 6.07) is -0.823. The minimum atomic E-state index is -1.03. The van der Waals surface area contributed by atoms with Gasteiger partial charge in [-0.3, -0.25) is 4.79 Å². The Morgan fingerprint density at radius 2 is 2.27 bits per heavy atom. The molecule has 1 unspecified atom stereocenters. The van der Waals surface area contributed by atoms with Crippen molar-refractivity contribution in [2.75, 3.05) is 6.54 Å². The van der Waals surface area contributed by atoms with Gasteiger partial charge in [-0.25, -0.2) is 4.79 Å². The normalized spacial score (nSPS) is 13.0. The van der Waals surface area contributed by atoms with Crippen LogP contribution in [0.1, 0.15) is 19.8 Å². The van der Waals surface area contributed by atoms with Gasteiger partial charge in [-0.2, -0.15) is 0 Å². The number of nitrogens with one attached hydrogen (secondary N) is 2. The number of hydrogen-bond donors (Lipinski definition) is 4. The molecule has 5 N–H and O–H groups in total. The predicted octanol–water partition coefficient (Wildman–Crippen LogP) is -0.625. The molecule has 1 amide bonds. The Kier molecular flexibility index (Phi) is 6.78. The minimum Gasteiger partial charge on any atom is -0.480 e. The Morgan fingerprint density at radius 3 is 2.73 bits per heavy atom. The van der Waals surface area contributed by atoms with Crippen molar-refractivity contribution in [1.29, 1.82) is 0 Å². The SMILES string of the molecule is C/C=C(\N)NCCCC(NC=O)C(=O)O. The molecule has 0 saturated heterocycles. The van der Waals surface area contributed by atoms with Gasteiger partial charge in [-0.15, -0.1) is 0 Å². The molecule has 0 aromatic rings. The van der Waals surface area contributed by atoms with Crippen LogP contribution in [0.4, 0.5) is 0 Å². The highest BCUT2D eigenvalue weighted by atomic mass is 16.4. The zero-order valence-electron chi connectivity index (χ0n) is 8.69. The summed E-state index contributed by atoms with van der Waals surface area (Å²) in [6.45, 7) is 2.39. The molecule has 0 heterocycles. The van der Waals surface area contributed by atoms with Crippen LogP contribution in [0.3, 0.4) is 0 Å². The number of carbonyl (C=O) groups is 2. The number of allylic oxidation sites excluding steroid dienone is 1. The van der Waals surface area contributed by atoms with Crippen LogP contribution in [-0.4, -0.2) is 30.1 Å². The Balaban J connectivity index is 3.71. The second-order valence-electron chi connectivity index (χ2n) is 2.99. The molecule has 0 rings (SSSR count). The Morgan fingerprint density at radius 1 is 1.60 bits per heavy atom. The fourth-order valence-corrected chi connectivity index (χ4v) is 1.00. The fraction of sp³-hybridized carbons (Fsp3) is 0.556. The second-order valence-corrected chi connectivity index (χ2v) is 2.99. The van der Waals surface area contributed by atoms with Crippen molar-refractivity contribution < 1.29 is 14.7 Å². The molecule has 6 heteroatoms. The van der Waals surface area contributed by atoms with E-state index in [-0.39, 0.29) is 0 Å². The van der Waals surface area contributed by atoms with Gasteiger partial charge in [0.1, 0.15) is 6.04 Å². The predicted molar refractivity (Wildman–Crippen MR) is 55.8 cm³/mol. The highest BCUT2D eigenvalue weighted by Crippen LogP contribution is 1.96. The van der Waals surface area contributed by atoms with E-state index in [1.54, 1.807) is 13.0 Å². The third-order valence-corrected chi connectivity index (χ3v) is 1.88. The average Bonchev–Trinajstić information content (AvgIpc) is 2.21. The largest absolute Gasteiger partial charge is 0.480 e. The van der Waals surface area contributed by atoms with E-state index in [1.165, 1.54) is 0 Å². The van der Waals surface area contributed by atoms with Crippen molar-refractivity contribution >= 4 is 12.4 Å². The highest BCUT2D eigenvalue weighted by molar-refractivity contribution is 5.76. The van der Waals surface area contributed by atoms with Gasteiger partial charge < -0.3 is 21.5 Å². The molecule has 6 nitrogen and oxygen atoms in total. The highest BCUT2D eigenvalue weighted by Gasteiger charge is 2.14. The van der Waals surface area contributed by atoms with Crippen molar-refractivity contribution in [2.24, 2.45) is 5.73 Å². The van der Waals surface area contributed by atoms with Crippen LogP contribution in [-0.2, 0) is 9.59 Å². The Bertz CT molecular complexity index is 241. The molecule has 0 radical (unpaired) electrons. The van der Waals surface area contributed by atoms with Gasteiger partial charge in [0.05, 0.1) is 5.82 Å². The number of amides is 1. The molecule has 0 aromatic carbocycles. The molecular weight excluding hydrogens is 198 g/mol. The van der Waals surface area contributed by atoms with Gasteiger partial charge >= 0.3 is 5.97 Å². The summed E-state index contributed by atoms with van der Waals surface area (Å²) in [4.78, 5) is 20.7. The van der Waals surface area contributed by atoms with E-state index < -0.39 is 12.0 Å². The zero-order valence-corrected chi connectivity index (χ0v) is 8.69. The van der Waals surface area contributed by atoms with E-state index in [2.05, 4.69) is 10.6 Å². The smallest absolute Gasteiger partial charge is 0.326 e. The molecule has 0 aliphatic rings. The number of aliphatic carboxylic acids is 1. The molecule has 0 aromatic heterocycles. The summed E-state index contributed by atoms with van der Waals surface area (Å²) < 4.78 is 0. The average molecular weight is 215 g/mol. The summed E-state index contributed by atoms with van der Waals surface area (Å²) >= 11 is 0. The Labute approximate surface area is 88.5 Å². The van der Waals surface area contributed by atoms with E-state index in [1.807, 2.05) is 0 Å². The number of carboxylic acid groups (broad SMARTS) is 1. The molecular formula is C9H17N3O3. The molecule has 86 valence electrons. The third-order valence-electron chi connectivity index (χ3n) is 1.88. The van der Waals surface area contributed by atoms with Crippen LogP contribution < -0.4 is 16.4 Å². The summed E-state index contributed by atoms with van der Waals surface area (Å²) in [5.41, 5.74) is 5.47. The van der Waals surface area contributed by atoms with E-state index in [4.69, 9.17) is 10.8 Å². The van der Waals surface area contributed by atoms with Crippen molar-refractivity contribution in [2.45, 2.75) is 25.8 Å². The lowest BCUT2D eigenvalue weighted by molar-refractivity contribution is -0.140. The number of carbonyl (C=O) groups excluding carboxylic acids is 1. The van der Waals surface area contributed by atoms with Gasteiger partial charge in [0.15, 0.2) is 0 Å². The molecule has 15 heavy (non-hydrogen) atoms. The van der Waals surface area contributed by atoms with Crippen LogP contribution in [0.25, 0.3) is 0 Å². The first kappa shape index (κ1) is 13.3. The maximum Gasteiger partial charge on any atom is 0.326 e. The monoisotopic (exact) mass is 215 g/mol.